The van der Waals surface area contributed by atoms with E-state index in [0.717, 1.165) is 44.8 Å². The molecule has 0 saturated carbocycles. The highest BCUT2D eigenvalue weighted by molar-refractivity contribution is 5.40. The van der Waals surface area contributed by atoms with E-state index >= 15 is 0 Å². The van der Waals surface area contributed by atoms with Crippen LogP contribution in [0.2, 0.25) is 0 Å². The number of aromatic nitrogens is 1. The molecule has 1 aliphatic heterocycles. The molecule has 1 unspecified atom stereocenters. The van der Waals surface area contributed by atoms with Crippen molar-refractivity contribution in [3.05, 3.63) is 24.5 Å². The van der Waals surface area contributed by atoms with E-state index in [1.165, 1.54) is 0 Å². The summed E-state index contributed by atoms with van der Waals surface area (Å²) in [5.74, 6) is 0. The molecular weight excluding hydrogens is 202 g/mol. The first kappa shape index (κ1) is 11.4. The Morgan fingerprint density at radius 1 is 1.31 bits per heavy atom. The van der Waals surface area contributed by atoms with Gasteiger partial charge in [0.15, 0.2) is 0 Å². The minimum atomic E-state index is 0.570. The highest BCUT2D eigenvalue weighted by Gasteiger charge is 2.13. The average molecular weight is 221 g/mol. The van der Waals surface area contributed by atoms with Crippen molar-refractivity contribution in [3.63, 3.8) is 0 Å². The second kappa shape index (κ2) is 6.45. The molecule has 4 nitrogen and oxygen atoms in total. The Balaban J connectivity index is 1.52. The summed E-state index contributed by atoms with van der Waals surface area (Å²) in [6, 6.07) is 4.54. The molecule has 1 fully saturated rings. The Morgan fingerprint density at radius 2 is 2.19 bits per heavy atom. The van der Waals surface area contributed by atoms with Crippen LogP contribution in [0.1, 0.15) is 12.8 Å². The molecule has 4 heteroatoms. The minimum absolute atomic E-state index is 0.570. The van der Waals surface area contributed by atoms with E-state index in [-0.39, 0.29) is 0 Å². The Hall–Kier alpha value is -1.13. The van der Waals surface area contributed by atoms with E-state index in [4.69, 9.17) is 4.74 Å². The first-order valence-corrected chi connectivity index (χ1v) is 5.90. The second-order valence-electron chi connectivity index (χ2n) is 4.03. The first-order chi connectivity index (χ1) is 7.95. The monoisotopic (exact) mass is 221 g/mol. The molecule has 1 atom stereocenters. The van der Waals surface area contributed by atoms with Gasteiger partial charge in [-0.15, -0.1) is 0 Å². The molecule has 16 heavy (non-hydrogen) atoms. The predicted octanol–water partition coefficient (Wildman–Crippen LogP) is 1.26. The van der Waals surface area contributed by atoms with Crippen LogP contribution in [0.15, 0.2) is 24.5 Å². The Bertz CT molecular complexity index is 286. The molecule has 88 valence electrons. The van der Waals surface area contributed by atoms with Crippen LogP contribution in [0.4, 0.5) is 5.69 Å². The average Bonchev–Trinajstić information content (AvgIpc) is 2.83. The van der Waals surface area contributed by atoms with Gasteiger partial charge in [-0.05, 0) is 31.5 Å². The van der Waals surface area contributed by atoms with Crippen LogP contribution in [0.3, 0.4) is 0 Å². The van der Waals surface area contributed by atoms with Crippen LogP contribution in [-0.4, -0.2) is 37.3 Å². The summed E-state index contributed by atoms with van der Waals surface area (Å²) >= 11 is 0. The summed E-state index contributed by atoms with van der Waals surface area (Å²) < 4.78 is 5.30. The van der Waals surface area contributed by atoms with Crippen LogP contribution in [0.5, 0.6) is 0 Å². The van der Waals surface area contributed by atoms with Gasteiger partial charge in [0.25, 0.3) is 0 Å². The summed E-state index contributed by atoms with van der Waals surface area (Å²) in [5.41, 5.74) is 1.14. The minimum Gasteiger partial charge on any atom is -0.385 e. The smallest absolute Gasteiger partial charge is 0.0620 e. The number of nitrogens with one attached hydrogen (secondary N) is 2. The van der Waals surface area contributed by atoms with E-state index < -0.39 is 0 Å². The third kappa shape index (κ3) is 3.79. The van der Waals surface area contributed by atoms with Crippen LogP contribution < -0.4 is 10.6 Å². The van der Waals surface area contributed by atoms with Crippen molar-refractivity contribution in [1.82, 2.24) is 10.3 Å². The molecule has 1 saturated heterocycles. The van der Waals surface area contributed by atoms with Crippen molar-refractivity contribution in [2.24, 2.45) is 0 Å². The number of pyridine rings is 1. The van der Waals surface area contributed by atoms with Crippen molar-refractivity contribution in [3.8, 4) is 0 Å². The van der Waals surface area contributed by atoms with E-state index in [0.29, 0.717) is 6.04 Å². The van der Waals surface area contributed by atoms with Crippen LogP contribution in [0.25, 0.3) is 0 Å². The fourth-order valence-electron chi connectivity index (χ4n) is 1.79. The summed E-state index contributed by atoms with van der Waals surface area (Å²) in [4.78, 5) is 3.98. The van der Waals surface area contributed by atoms with Gasteiger partial charge in [0.1, 0.15) is 0 Å². The molecule has 0 radical (unpaired) electrons. The third-order valence-corrected chi connectivity index (χ3v) is 2.73. The largest absolute Gasteiger partial charge is 0.385 e. The van der Waals surface area contributed by atoms with Gasteiger partial charge in [-0.25, -0.2) is 0 Å². The lowest BCUT2D eigenvalue weighted by molar-refractivity contribution is 0.190. The maximum Gasteiger partial charge on any atom is 0.0620 e. The van der Waals surface area contributed by atoms with Crippen molar-refractivity contribution in [1.29, 1.82) is 0 Å². The van der Waals surface area contributed by atoms with Gasteiger partial charge >= 0.3 is 0 Å². The normalized spacial score (nSPS) is 19.9. The highest BCUT2D eigenvalue weighted by Crippen LogP contribution is 2.04. The molecule has 2 rings (SSSR count). The SMILES string of the molecule is c1cc(NCCCNC2CCOC2)ccn1. The predicted molar refractivity (Wildman–Crippen MR) is 64.6 cm³/mol. The van der Waals surface area contributed by atoms with Gasteiger partial charge in [-0.1, -0.05) is 0 Å². The molecular formula is C12H19N3O. The molecule has 1 aromatic heterocycles. The first-order valence-electron chi connectivity index (χ1n) is 5.90. The molecule has 1 aromatic rings. The zero-order chi connectivity index (χ0) is 11.1. The fourth-order valence-corrected chi connectivity index (χ4v) is 1.79. The summed E-state index contributed by atoms with van der Waals surface area (Å²) in [5, 5.41) is 6.85. The van der Waals surface area contributed by atoms with Crippen LogP contribution in [0, 0.1) is 0 Å². The molecule has 1 aliphatic rings. The number of ether oxygens (including phenoxy) is 1. The van der Waals surface area contributed by atoms with Gasteiger partial charge in [0, 0.05) is 37.3 Å². The molecule has 0 spiro atoms. The van der Waals surface area contributed by atoms with Crippen molar-refractivity contribution >= 4 is 5.69 Å². The Kier molecular flexibility index (Phi) is 4.58. The van der Waals surface area contributed by atoms with E-state index in [1.807, 2.05) is 12.1 Å². The van der Waals surface area contributed by atoms with Gasteiger partial charge in [0.2, 0.25) is 0 Å². The quantitative estimate of drug-likeness (QED) is 0.710. The zero-order valence-corrected chi connectivity index (χ0v) is 9.48. The third-order valence-electron chi connectivity index (χ3n) is 2.73. The van der Waals surface area contributed by atoms with Crippen LogP contribution in [-0.2, 0) is 4.74 Å². The molecule has 2 N–H and O–H groups in total. The number of nitrogens with zero attached hydrogens (tertiary/aromatic N) is 1. The number of anilines is 1. The van der Waals surface area contributed by atoms with Gasteiger partial charge < -0.3 is 15.4 Å². The molecule has 0 aromatic carbocycles. The highest BCUT2D eigenvalue weighted by atomic mass is 16.5. The van der Waals surface area contributed by atoms with Crippen molar-refractivity contribution in [2.75, 3.05) is 31.6 Å². The summed E-state index contributed by atoms with van der Waals surface area (Å²) in [6.45, 7) is 3.82. The van der Waals surface area contributed by atoms with Gasteiger partial charge in [-0.3, -0.25) is 4.98 Å². The molecule has 0 aliphatic carbocycles. The van der Waals surface area contributed by atoms with Crippen LogP contribution >= 0.6 is 0 Å². The summed E-state index contributed by atoms with van der Waals surface area (Å²) in [6.07, 6.45) is 5.88. The number of hydrogen-bond donors (Lipinski definition) is 2. The number of hydrogen-bond acceptors (Lipinski definition) is 4. The topological polar surface area (TPSA) is 46.2 Å². The lowest BCUT2D eigenvalue weighted by Gasteiger charge is -2.10. The second-order valence-corrected chi connectivity index (χ2v) is 4.03. The number of rotatable bonds is 6. The van der Waals surface area contributed by atoms with Crippen molar-refractivity contribution in [2.45, 2.75) is 18.9 Å². The zero-order valence-electron chi connectivity index (χ0n) is 9.48. The fraction of sp³-hybridized carbons (Fsp3) is 0.583. The van der Waals surface area contributed by atoms with E-state index in [1.54, 1.807) is 12.4 Å². The maximum absolute atomic E-state index is 5.30. The standard InChI is InChI=1S/C12H19N3O/c1(6-15-12-4-9-16-10-12)5-14-11-2-7-13-8-3-11/h2-3,7-8,12,15H,1,4-6,9-10H2,(H,13,14). The maximum atomic E-state index is 5.30. The van der Waals surface area contributed by atoms with Gasteiger partial charge in [0.05, 0.1) is 6.61 Å². The lowest BCUT2D eigenvalue weighted by Crippen LogP contribution is -2.30. The van der Waals surface area contributed by atoms with E-state index in [2.05, 4.69) is 15.6 Å². The Labute approximate surface area is 96.4 Å². The van der Waals surface area contributed by atoms with E-state index in [9.17, 15) is 0 Å². The molecule has 0 amide bonds. The van der Waals surface area contributed by atoms with Gasteiger partial charge in [-0.2, -0.15) is 0 Å². The summed E-state index contributed by atoms with van der Waals surface area (Å²) in [7, 11) is 0. The van der Waals surface area contributed by atoms with Crippen molar-refractivity contribution < 1.29 is 4.74 Å². The lowest BCUT2D eigenvalue weighted by atomic mass is 10.2. The molecule has 2 heterocycles. The Morgan fingerprint density at radius 3 is 2.94 bits per heavy atom. The molecule has 0 bridgehead atoms.